The zero-order chi connectivity index (χ0) is 14.1. The van der Waals surface area contributed by atoms with Gasteiger partial charge in [-0.2, -0.15) is 0 Å². The predicted molar refractivity (Wildman–Crippen MR) is 81.2 cm³/mol. The summed E-state index contributed by atoms with van der Waals surface area (Å²) in [5.41, 5.74) is 3.53. The minimum Gasteiger partial charge on any atom is -0.507 e. The molecule has 3 rings (SSSR count). The van der Waals surface area contributed by atoms with Gasteiger partial charge in [-0.1, -0.05) is 42.5 Å². The summed E-state index contributed by atoms with van der Waals surface area (Å²) in [6.07, 6.45) is 0.676. The molecule has 0 aliphatic heterocycles. The van der Waals surface area contributed by atoms with Crippen LogP contribution in [-0.4, -0.2) is 11.4 Å². The van der Waals surface area contributed by atoms with Gasteiger partial charge in [0.15, 0.2) is 6.29 Å². The van der Waals surface area contributed by atoms with Crippen molar-refractivity contribution in [2.75, 3.05) is 0 Å². The molecule has 0 radical (unpaired) electrons. The van der Waals surface area contributed by atoms with E-state index in [-0.39, 0.29) is 5.75 Å². The molecule has 0 saturated heterocycles. The van der Waals surface area contributed by atoms with Crippen molar-refractivity contribution in [1.82, 2.24) is 0 Å². The molecule has 0 fully saturated rings. The summed E-state index contributed by atoms with van der Waals surface area (Å²) >= 11 is 0. The van der Waals surface area contributed by atoms with Gasteiger partial charge in [-0.15, -0.1) is 0 Å². The topological polar surface area (TPSA) is 37.3 Å². The van der Waals surface area contributed by atoms with E-state index in [9.17, 15) is 9.90 Å². The summed E-state index contributed by atoms with van der Waals surface area (Å²) < 4.78 is 0. The zero-order valence-electron chi connectivity index (χ0n) is 11.1. The molecule has 98 valence electrons. The summed E-state index contributed by atoms with van der Waals surface area (Å²) in [6, 6.07) is 17.4. The first-order valence-electron chi connectivity index (χ1n) is 6.47. The van der Waals surface area contributed by atoms with Crippen LogP contribution >= 0.6 is 0 Å². The monoisotopic (exact) mass is 262 g/mol. The van der Waals surface area contributed by atoms with Crippen molar-refractivity contribution in [2.24, 2.45) is 0 Å². The molecule has 0 aromatic heterocycles. The number of benzene rings is 3. The largest absolute Gasteiger partial charge is 0.507 e. The van der Waals surface area contributed by atoms with E-state index in [0.717, 1.165) is 16.5 Å². The summed E-state index contributed by atoms with van der Waals surface area (Å²) in [5.74, 6) is 0.0140. The minimum atomic E-state index is 0.0140. The lowest BCUT2D eigenvalue weighted by Gasteiger charge is -2.10. The Balaban J connectivity index is 2.30. The Kier molecular flexibility index (Phi) is 2.99. The molecule has 0 heterocycles. The molecule has 1 N–H and O–H groups in total. The maximum Gasteiger partial charge on any atom is 0.153 e. The third-order valence-electron chi connectivity index (χ3n) is 3.61. The number of carbonyl (C=O) groups is 1. The van der Waals surface area contributed by atoms with E-state index in [1.165, 1.54) is 10.9 Å². The minimum absolute atomic E-state index is 0.0140. The second-order valence-corrected chi connectivity index (χ2v) is 4.87. The average Bonchev–Trinajstić information content (AvgIpc) is 2.49. The van der Waals surface area contributed by atoms with Gasteiger partial charge in [-0.25, -0.2) is 0 Å². The highest BCUT2D eigenvalue weighted by atomic mass is 16.3. The number of phenolic OH excluding ortho intramolecular Hbond substituents is 1. The zero-order valence-corrected chi connectivity index (χ0v) is 11.1. The van der Waals surface area contributed by atoms with Gasteiger partial charge >= 0.3 is 0 Å². The van der Waals surface area contributed by atoms with Crippen LogP contribution in [0.25, 0.3) is 21.9 Å². The summed E-state index contributed by atoms with van der Waals surface area (Å²) in [5, 5.41) is 12.0. The van der Waals surface area contributed by atoms with E-state index in [2.05, 4.69) is 31.2 Å². The lowest BCUT2D eigenvalue weighted by molar-refractivity contribution is 0.112. The molecule has 3 aromatic carbocycles. The Hall–Kier alpha value is -2.61. The van der Waals surface area contributed by atoms with Crippen LogP contribution in [0.2, 0.25) is 0 Å². The maximum absolute atomic E-state index is 11.0. The number of fused-ring (bicyclic) bond motifs is 1. The standard InChI is InChI=1S/C18H14O2/c1-12-6-8-16(17-5-3-2-4-15(12)17)13-7-9-18(20)14(10-13)11-19/h2-11,20H,1H3. The molecule has 2 nitrogen and oxygen atoms in total. The smallest absolute Gasteiger partial charge is 0.153 e. The van der Waals surface area contributed by atoms with Crippen molar-refractivity contribution < 1.29 is 9.90 Å². The quantitative estimate of drug-likeness (QED) is 0.698. The fraction of sp³-hybridized carbons (Fsp3) is 0.0556. The van der Waals surface area contributed by atoms with Crippen molar-refractivity contribution in [2.45, 2.75) is 6.92 Å². The van der Waals surface area contributed by atoms with Crippen molar-refractivity contribution in [3.63, 3.8) is 0 Å². The number of carbonyl (C=O) groups excluding carboxylic acids is 1. The first kappa shape index (κ1) is 12.4. The highest BCUT2D eigenvalue weighted by Gasteiger charge is 2.08. The Morgan fingerprint density at radius 3 is 2.45 bits per heavy atom. The van der Waals surface area contributed by atoms with Gasteiger partial charge in [0.05, 0.1) is 5.56 Å². The van der Waals surface area contributed by atoms with Gasteiger partial charge in [-0.3, -0.25) is 4.79 Å². The summed E-state index contributed by atoms with van der Waals surface area (Å²) in [4.78, 5) is 11.0. The highest BCUT2D eigenvalue weighted by Crippen LogP contribution is 2.32. The molecule has 0 unspecified atom stereocenters. The Labute approximate surface area is 117 Å². The molecule has 0 aliphatic rings. The molecule has 0 saturated carbocycles. The maximum atomic E-state index is 11.0. The molecule has 0 amide bonds. The van der Waals surface area contributed by atoms with Crippen LogP contribution in [0.3, 0.4) is 0 Å². The van der Waals surface area contributed by atoms with Crippen LogP contribution in [-0.2, 0) is 0 Å². The second-order valence-electron chi connectivity index (χ2n) is 4.87. The van der Waals surface area contributed by atoms with E-state index >= 15 is 0 Å². The number of aldehydes is 1. The normalized spacial score (nSPS) is 10.7. The lowest BCUT2D eigenvalue weighted by atomic mass is 9.94. The Bertz CT molecular complexity index is 804. The first-order chi connectivity index (χ1) is 9.70. The molecule has 0 bridgehead atoms. The van der Waals surface area contributed by atoms with Crippen LogP contribution in [0.5, 0.6) is 5.75 Å². The number of hydrogen-bond donors (Lipinski definition) is 1. The van der Waals surface area contributed by atoms with Gasteiger partial charge in [0, 0.05) is 0 Å². The fourth-order valence-electron chi connectivity index (χ4n) is 2.52. The highest BCUT2D eigenvalue weighted by molar-refractivity contribution is 5.99. The van der Waals surface area contributed by atoms with Crippen molar-refractivity contribution >= 4 is 17.1 Å². The van der Waals surface area contributed by atoms with Gasteiger partial charge < -0.3 is 5.11 Å². The summed E-state index contributed by atoms with van der Waals surface area (Å²) in [6.45, 7) is 2.08. The van der Waals surface area contributed by atoms with Gasteiger partial charge in [0.1, 0.15) is 5.75 Å². The van der Waals surface area contributed by atoms with E-state index in [0.29, 0.717) is 11.8 Å². The van der Waals surface area contributed by atoms with Crippen LogP contribution < -0.4 is 0 Å². The molecular weight excluding hydrogens is 248 g/mol. The molecular formula is C18H14O2. The number of hydrogen-bond acceptors (Lipinski definition) is 2. The van der Waals surface area contributed by atoms with E-state index in [4.69, 9.17) is 0 Å². The van der Waals surface area contributed by atoms with Gasteiger partial charge in [0.2, 0.25) is 0 Å². The third-order valence-corrected chi connectivity index (χ3v) is 3.61. The number of aromatic hydroxyl groups is 1. The Morgan fingerprint density at radius 2 is 1.70 bits per heavy atom. The second kappa shape index (κ2) is 4.82. The SMILES string of the molecule is Cc1ccc(-c2ccc(O)c(C=O)c2)c2ccccc12. The molecule has 0 atom stereocenters. The fourth-order valence-corrected chi connectivity index (χ4v) is 2.52. The van der Waals surface area contributed by atoms with Crippen LogP contribution in [0.4, 0.5) is 0 Å². The van der Waals surface area contributed by atoms with Crippen molar-refractivity contribution in [3.05, 3.63) is 65.7 Å². The van der Waals surface area contributed by atoms with Gasteiger partial charge in [-0.05, 0) is 46.5 Å². The van der Waals surface area contributed by atoms with Gasteiger partial charge in [0.25, 0.3) is 0 Å². The first-order valence-corrected chi connectivity index (χ1v) is 6.47. The van der Waals surface area contributed by atoms with E-state index in [1.807, 2.05) is 18.2 Å². The molecule has 2 heteroatoms. The van der Waals surface area contributed by atoms with Crippen molar-refractivity contribution in [3.8, 4) is 16.9 Å². The van der Waals surface area contributed by atoms with E-state index < -0.39 is 0 Å². The predicted octanol–water partition coefficient (Wildman–Crippen LogP) is 4.33. The lowest BCUT2D eigenvalue weighted by Crippen LogP contribution is -1.87. The Morgan fingerprint density at radius 1 is 0.950 bits per heavy atom. The van der Waals surface area contributed by atoms with Crippen LogP contribution in [0, 0.1) is 6.92 Å². The van der Waals surface area contributed by atoms with Crippen LogP contribution in [0.1, 0.15) is 15.9 Å². The number of rotatable bonds is 2. The molecule has 20 heavy (non-hydrogen) atoms. The van der Waals surface area contributed by atoms with E-state index in [1.54, 1.807) is 12.1 Å². The van der Waals surface area contributed by atoms with Crippen molar-refractivity contribution in [1.29, 1.82) is 0 Å². The third kappa shape index (κ3) is 1.95. The molecule has 0 aliphatic carbocycles. The summed E-state index contributed by atoms with van der Waals surface area (Å²) in [7, 11) is 0. The van der Waals surface area contributed by atoms with Crippen LogP contribution in [0.15, 0.2) is 54.6 Å². The molecule has 3 aromatic rings. The molecule has 0 spiro atoms. The average molecular weight is 262 g/mol. The number of aryl methyl sites for hydroxylation is 1. The number of phenols is 1.